The Hall–Kier alpha value is -0.450. The van der Waals surface area contributed by atoms with Gasteiger partial charge in [-0.2, -0.15) is 0 Å². The van der Waals surface area contributed by atoms with Crippen LogP contribution < -0.4 is 5.73 Å². The van der Waals surface area contributed by atoms with Gasteiger partial charge in [-0.05, 0) is 6.42 Å². The van der Waals surface area contributed by atoms with E-state index in [1.54, 1.807) is 0 Å². The summed E-state index contributed by atoms with van der Waals surface area (Å²) in [5.74, 6) is 2.52. The van der Waals surface area contributed by atoms with E-state index in [-0.39, 0.29) is 5.38 Å². The number of alkyl halides is 1. The van der Waals surface area contributed by atoms with E-state index in [0.717, 1.165) is 12.0 Å². The van der Waals surface area contributed by atoms with Crippen LogP contribution in [-0.4, -0.2) is 11.9 Å². The van der Waals surface area contributed by atoms with E-state index in [2.05, 4.69) is 12.5 Å². The first-order valence-corrected chi connectivity index (χ1v) is 3.61. The van der Waals surface area contributed by atoms with Crippen LogP contribution in [0.5, 0.6) is 0 Å². The van der Waals surface area contributed by atoms with Crippen molar-refractivity contribution < 1.29 is 0 Å². The second kappa shape index (κ2) is 5.34. The topological polar surface area (TPSA) is 26.0 Å². The van der Waals surface area contributed by atoms with Crippen molar-refractivity contribution in [1.29, 1.82) is 0 Å². The van der Waals surface area contributed by atoms with E-state index >= 15 is 0 Å². The minimum Gasteiger partial charge on any atom is -0.329 e. The molecule has 0 bridgehead atoms. The molecule has 0 spiro atoms. The highest BCUT2D eigenvalue weighted by atomic mass is 35.5. The van der Waals surface area contributed by atoms with Crippen molar-refractivity contribution >= 4 is 11.6 Å². The van der Waals surface area contributed by atoms with E-state index in [1.807, 2.05) is 0 Å². The quantitative estimate of drug-likeness (QED) is 0.374. The van der Waals surface area contributed by atoms with Crippen LogP contribution >= 0.6 is 11.6 Å². The monoisotopic (exact) mass is 157 g/mol. The summed E-state index contributed by atoms with van der Waals surface area (Å²) < 4.78 is 0. The van der Waals surface area contributed by atoms with Crippen LogP contribution in [0.3, 0.4) is 0 Å². The van der Waals surface area contributed by atoms with E-state index in [0.29, 0.717) is 13.0 Å². The standard InChI is InChI=1S/C8H12ClN/c1-3-4-5-7(2)8(9)6-10/h1,8H,2,4-6,10H2. The van der Waals surface area contributed by atoms with Gasteiger partial charge < -0.3 is 5.73 Å². The molecule has 1 nitrogen and oxygen atoms in total. The molecule has 0 radical (unpaired) electrons. The summed E-state index contributed by atoms with van der Waals surface area (Å²) in [6.45, 7) is 4.19. The predicted octanol–water partition coefficient (Wildman–Crippen LogP) is 1.52. The third-order valence-electron chi connectivity index (χ3n) is 1.24. The first-order valence-electron chi connectivity index (χ1n) is 3.17. The molecule has 1 unspecified atom stereocenters. The van der Waals surface area contributed by atoms with Gasteiger partial charge in [0.25, 0.3) is 0 Å². The summed E-state index contributed by atoms with van der Waals surface area (Å²) in [5.41, 5.74) is 6.23. The molecular weight excluding hydrogens is 146 g/mol. The molecule has 0 aromatic carbocycles. The lowest BCUT2D eigenvalue weighted by atomic mass is 10.1. The van der Waals surface area contributed by atoms with Gasteiger partial charge in [0.05, 0.1) is 5.38 Å². The van der Waals surface area contributed by atoms with Crippen LogP contribution in [0.15, 0.2) is 12.2 Å². The Morgan fingerprint density at radius 1 is 1.80 bits per heavy atom. The summed E-state index contributed by atoms with van der Waals surface area (Å²) in [6, 6.07) is 0. The van der Waals surface area contributed by atoms with Crippen molar-refractivity contribution in [2.75, 3.05) is 6.54 Å². The van der Waals surface area contributed by atoms with Crippen molar-refractivity contribution in [3.63, 3.8) is 0 Å². The van der Waals surface area contributed by atoms with E-state index in [9.17, 15) is 0 Å². The lowest BCUT2D eigenvalue weighted by Crippen LogP contribution is -2.15. The summed E-state index contributed by atoms with van der Waals surface area (Å²) in [5, 5.41) is -0.117. The molecule has 0 rings (SSSR count). The SMILES string of the molecule is C#CCCC(=C)C(Cl)CN. The van der Waals surface area contributed by atoms with Crippen molar-refractivity contribution in [3.05, 3.63) is 12.2 Å². The average Bonchev–Trinajstić information content (AvgIpc) is 1.98. The average molecular weight is 158 g/mol. The third kappa shape index (κ3) is 3.55. The smallest absolute Gasteiger partial charge is 0.0665 e. The Morgan fingerprint density at radius 3 is 2.80 bits per heavy atom. The number of hydrogen-bond acceptors (Lipinski definition) is 1. The van der Waals surface area contributed by atoms with Gasteiger partial charge in [0.2, 0.25) is 0 Å². The first kappa shape index (κ1) is 9.55. The molecule has 0 aromatic heterocycles. The number of rotatable bonds is 4. The van der Waals surface area contributed by atoms with Crippen LogP contribution in [0, 0.1) is 12.3 Å². The molecule has 2 heteroatoms. The summed E-state index contributed by atoms with van der Waals surface area (Å²) in [7, 11) is 0. The maximum absolute atomic E-state index is 5.76. The number of hydrogen-bond donors (Lipinski definition) is 1. The molecule has 1 atom stereocenters. The van der Waals surface area contributed by atoms with Gasteiger partial charge in [0, 0.05) is 13.0 Å². The Balaban J connectivity index is 3.54. The zero-order chi connectivity index (χ0) is 7.98. The summed E-state index contributed by atoms with van der Waals surface area (Å²) >= 11 is 5.76. The maximum atomic E-state index is 5.76. The maximum Gasteiger partial charge on any atom is 0.0665 e. The molecule has 10 heavy (non-hydrogen) atoms. The Labute approximate surface area is 67.2 Å². The van der Waals surface area contributed by atoms with Crippen molar-refractivity contribution in [1.82, 2.24) is 0 Å². The largest absolute Gasteiger partial charge is 0.329 e. The van der Waals surface area contributed by atoms with Gasteiger partial charge in [-0.1, -0.05) is 12.2 Å². The Morgan fingerprint density at radius 2 is 2.40 bits per heavy atom. The highest BCUT2D eigenvalue weighted by Gasteiger charge is 2.04. The molecule has 0 amide bonds. The normalized spacial score (nSPS) is 12.1. The highest BCUT2D eigenvalue weighted by molar-refractivity contribution is 6.22. The minimum atomic E-state index is -0.117. The molecule has 2 N–H and O–H groups in total. The van der Waals surface area contributed by atoms with Crippen molar-refractivity contribution in [2.24, 2.45) is 5.73 Å². The minimum absolute atomic E-state index is 0.117. The molecular formula is C8H12ClN. The number of halogens is 1. The van der Waals surface area contributed by atoms with Crippen LogP contribution in [0.2, 0.25) is 0 Å². The van der Waals surface area contributed by atoms with Crippen LogP contribution in [0.25, 0.3) is 0 Å². The zero-order valence-corrected chi connectivity index (χ0v) is 6.69. The molecule has 0 aliphatic rings. The predicted molar refractivity (Wildman–Crippen MR) is 45.9 cm³/mol. The zero-order valence-electron chi connectivity index (χ0n) is 5.94. The molecule has 0 fully saturated rings. The van der Waals surface area contributed by atoms with Gasteiger partial charge >= 0.3 is 0 Å². The lowest BCUT2D eigenvalue weighted by Gasteiger charge is -2.07. The van der Waals surface area contributed by atoms with Gasteiger partial charge in [-0.3, -0.25) is 0 Å². The van der Waals surface area contributed by atoms with Gasteiger partial charge in [0.1, 0.15) is 0 Å². The van der Waals surface area contributed by atoms with Crippen LogP contribution in [0.4, 0.5) is 0 Å². The highest BCUT2D eigenvalue weighted by Crippen LogP contribution is 2.11. The second-order valence-electron chi connectivity index (χ2n) is 2.07. The molecule has 0 saturated carbocycles. The van der Waals surface area contributed by atoms with E-state index in [4.69, 9.17) is 23.8 Å². The number of terminal acetylenes is 1. The van der Waals surface area contributed by atoms with Crippen LogP contribution in [0.1, 0.15) is 12.8 Å². The molecule has 0 aliphatic heterocycles. The third-order valence-corrected chi connectivity index (χ3v) is 1.73. The molecule has 0 heterocycles. The van der Waals surface area contributed by atoms with Crippen molar-refractivity contribution in [3.8, 4) is 12.3 Å². The van der Waals surface area contributed by atoms with Crippen molar-refractivity contribution in [2.45, 2.75) is 18.2 Å². The fraction of sp³-hybridized carbons (Fsp3) is 0.500. The Kier molecular flexibility index (Phi) is 5.10. The molecule has 0 saturated heterocycles. The summed E-state index contributed by atoms with van der Waals surface area (Å²) in [6.07, 6.45) is 6.53. The van der Waals surface area contributed by atoms with Gasteiger partial charge in [-0.15, -0.1) is 23.9 Å². The number of nitrogens with two attached hydrogens (primary N) is 1. The fourth-order valence-corrected chi connectivity index (χ4v) is 0.665. The van der Waals surface area contributed by atoms with Gasteiger partial charge in [-0.25, -0.2) is 0 Å². The van der Waals surface area contributed by atoms with E-state index in [1.165, 1.54) is 0 Å². The molecule has 56 valence electrons. The van der Waals surface area contributed by atoms with Crippen LogP contribution in [-0.2, 0) is 0 Å². The molecule has 0 aliphatic carbocycles. The molecule has 0 aromatic rings. The lowest BCUT2D eigenvalue weighted by molar-refractivity contribution is 0.877. The summed E-state index contributed by atoms with van der Waals surface area (Å²) in [4.78, 5) is 0. The first-order chi connectivity index (χ1) is 4.72. The second-order valence-corrected chi connectivity index (χ2v) is 2.59. The van der Waals surface area contributed by atoms with Gasteiger partial charge in [0.15, 0.2) is 0 Å². The fourth-order valence-electron chi connectivity index (χ4n) is 0.556. The van der Waals surface area contributed by atoms with E-state index < -0.39 is 0 Å². The Bertz CT molecular complexity index is 146.